The third kappa shape index (κ3) is 2.91. The lowest BCUT2D eigenvalue weighted by molar-refractivity contribution is -0.137. The highest BCUT2D eigenvalue weighted by Crippen LogP contribution is 2.37. The molecule has 1 aromatic rings. The number of rotatable bonds is 2. The molecule has 2 rings (SSSR count). The topological polar surface area (TPSA) is 37.4 Å². The molecule has 0 unspecified atom stereocenters. The lowest BCUT2D eigenvalue weighted by Gasteiger charge is -2.19. The zero-order valence-corrected chi connectivity index (χ0v) is 11.4. The molecule has 0 N–H and O–H groups in total. The number of carbonyl (C=O) groups excluding carboxylic acids is 2. The van der Waals surface area contributed by atoms with E-state index in [0.717, 1.165) is 23.1 Å². The van der Waals surface area contributed by atoms with Crippen LogP contribution in [0.25, 0.3) is 0 Å². The van der Waals surface area contributed by atoms with Gasteiger partial charge < -0.3 is 4.90 Å². The number of hydrogen-bond donors (Lipinski definition) is 0. The van der Waals surface area contributed by atoms with Gasteiger partial charge in [-0.05, 0) is 29.8 Å². The summed E-state index contributed by atoms with van der Waals surface area (Å²) < 4.78 is 38.0. The highest BCUT2D eigenvalue weighted by Gasteiger charge is 2.37. The molecule has 1 fully saturated rings. The monoisotopic (exact) mass is 325 g/mol. The van der Waals surface area contributed by atoms with Gasteiger partial charge >= 0.3 is 6.18 Å². The molecule has 1 atom stereocenters. The van der Waals surface area contributed by atoms with E-state index in [9.17, 15) is 22.8 Å². The molecule has 0 spiro atoms. The summed E-state index contributed by atoms with van der Waals surface area (Å²) in [7, 11) is 0. The molecule has 108 valence electrons. The predicted octanol–water partition coefficient (Wildman–Crippen LogP) is 3.48. The molecular weight excluding hydrogens is 318 g/mol. The number of amides is 1. The number of carbonyl (C=O) groups is 2. The Labute approximate surface area is 122 Å². The van der Waals surface area contributed by atoms with Crippen molar-refractivity contribution in [2.24, 2.45) is 5.92 Å². The number of benzene rings is 1. The standard InChI is InChI=1S/C12H8Cl2F3NO2/c13-8-2-1-7(12(15,16)17)4-9(8)18-5-6(11(14)20)3-10(18)19/h1-2,4,6H,3,5H2/t6-/m0/s1. The number of anilines is 1. The van der Waals surface area contributed by atoms with Crippen molar-refractivity contribution in [2.45, 2.75) is 12.6 Å². The quantitative estimate of drug-likeness (QED) is 0.781. The maximum atomic E-state index is 12.7. The molecule has 1 aliphatic heterocycles. The number of nitrogens with zero attached hydrogens (tertiary/aromatic N) is 1. The minimum absolute atomic E-state index is 0.00835. The second-order valence-electron chi connectivity index (χ2n) is 4.37. The molecule has 1 saturated heterocycles. The highest BCUT2D eigenvalue weighted by molar-refractivity contribution is 6.64. The van der Waals surface area contributed by atoms with Crippen LogP contribution in [0.1, 0.15) is 12.0 Å². The minimum Gasteiger partial charge on any atom is -0.310 e. The van der Waals surface area contributed by atoms with Crippen LogP contribution in [0.2, 0.25) is 5.02 Å². The largest absolute Gasteiger partial charge is 0.416 e. The normalized spacial score (nSPS) is 19.6. The van der Waals surface area contributed by atoms with E-state index < -0.39 is 28.8 Å². The SMILES string of the molecule is O=C(Cl)[C@H]1CC(=O)N(c2cc(C(F)(F)F)ccc2Cl)C1. The molecule has 0 saturated carbocycles. The molecule has 20 heavy (non-hydrogen) atoms. The van der Waals surface area contributed by atoms with Crippen molar-refractivity contribution in [1.29, 1.82) is 0 Å². The summed E-state index contributed by atoms with van der Waals surface area (Å²) in [6.07, 6.45) is -4.67. The Hall–Kier alpha value is -1.27. The lowest BCUT2D eigenvalue weighted by Crippen LogP contribution is -2.26. The van der Waals surface area contributed by atoms with Crippen LogP contribution < -0.4 is 4.90 Å². The smallest absolute Gasteiger partial charge is 0.310 e. The zero-order valence-electron chi connectivity index (χ0n) is 9.88. The van der Waals surface area contributed by atoms with Gasteiger partial charge in [-0.15, -0.1) is 0 Å². The first-order valence-corrected chi connectivity index (χ1v) is 6.32. The van der Waals surface area contributed by atoms with Gasteiger partial charge in [0.25, 0.3) is 0 Å². The van der Waals surface area contributed by atoms with Crippen LogP contribution >= 0.6 is 23.2 Å². The minimum atomic E-state index is -4.54. The third-order valence-corrected chi connectivity index (χ3v) is 3.64. The maximum Gasteiger partial charge on any atom is 0.416 e. The molecular formula is C12H8Cl2F3NO2. The van der Waals surface area contributed by atoms with Crippen molar-refractivity contribution in [2.75, 3.05) is 11.4 Å². The number of hydrogen-bond acceptors (Lipinski definition) is 2. The first kappa shape index (κ1) is 15.1. The van der Waals surface area contributed by atoms with Crippen LogP contribution in [-0.4, -0.2) is 17.7 Å². The Morgan fingerprint density at radius 2 is 2.00 bits per heavy atom. The van der Waals surface area contributed by atoms with Crippen molar-refractivity contribution in [3.05, 3.63) is 28.8 Å². The summed E-state index contributed by atoms with van der Waals surface area (Å²) in [5, 5.41) is -0.682. The average molecular weight is 326 g/mol. The van der Waals surface area contributed by atoms with Gasteiger partial charge in [0.2, 0.25) is 11.1 Å². The average Bonchev–Trinajstić information content (AvgIpc) is 2.70. The summed E-state index contributed by atoms with van der Waals surface area (Å²) in [6, 6.07) is 2.70. The van der Waals surface area contributed by atoms with E-state index in [1.54, 1.807) is 0 Å². The Balaban J connectivity index is 2.38. The highest BCUT2D eigenvalue weighted by atomic mass is 35.5. The Morgan fingerprint density at radius 1 is 1.35 bits per heavy atom. The molecule has 1 aromatic carbocycles. The van der Waals surface area contributed by atoms with E-state index in [4.69, 9.17) is 23.2 Å². The molecule has 0 aliphatic carbocycles. The molecule has 8 heteroatoms. The maximum absolute atomic E-state index is 12.7. The van der Waals surface area contributed by atoms with E-state index in [1.807, 2.05) is 0 Å². The van der Waals surface area contributed by atoms with Crippen LogP contribution in [-0.2, 0) is 15.8 Å². The van der Waals surface area contributed by atoms with Crippen molar-refractivity contribution >= 4 is 40.0 Å². The second-order valence-corrected chi connectivity index (χ2v) is 5.15. The summed E-state index contributed by atoms with van der Waals surface area (Å²) in [5.74, 6) is -1.21. The molecule has 0 radical (unpaired) electrons. The van der Waals surface area contributed by atoms with Gasteiger partial charge in [0, 0.05) is 13.0 Å². The van der Waals surface area contributed by atoms with Gasteiger partial charge in [-0.3, -0.25) is 9.59 Å². The molecule has 1 heterocycles. The summed E-state index contributed by atoms with van der Waals surface area (Å²) in [4.78, 5) is 23.9. The van der Waals surface area contributed by atoms with Gasteiger partial charge in [0.15, 0.2) is 0 Å². The molecule has 0 bridgehead atoms. The van der Waals surface area contributed by atoms with Crippen LogP contribution in [0, 0.1) is 5.92 Å². The fourth-order valence-electron chi connectivity index (χ4n) is 1.99. The number of halogens is 5. The van der Waals surface area contributed by atoms with Crippen LogP contribution in [0.15, 0.2) is 18.2 Å². The Kier molecular flexibility index (Phi) is 3.97. The van der Waals surface area contributed by atoms with Gasteiger partial charge in [0.05, 0.1) is 22.2 Å². The summed E-state index contributed by atoms with van der Waals surface area (Å²) in [5.41, 5.74) is -0.975. The third-order valence-electron chi connectivity index (χ3n) is 3.01. The van der Waals surface area contributed by atoms with Crippen molar-refractivity contribution in [3.63, 3.8) is 0 Å². The van der Waals surface area contributed by atoms with Crippen LogP contribution in [0.3, 0.4) is 0 Å². The van der Waals surface area contributed by atoms with Crippen molar-refractivity contribution in [3.8, 4) is 0 Å². The first-order valence-electron chi connectivity index (χ1n) is 5.56. The van der Waals surface area contributed by atoms with Gasteiger partial charge in [-0.2, -0.15) is 13.2 Å². The van der Waals surface area contributed by atoms with Crippen LogP contribution in [0.4, 0.5) is 18.9 Å². The van der Waals surface area contributed by atoms with E-state index in [-0.39, 0.29) is 23.7 Å². The van der Waals surface area contributed by atoms with Gasteiger partial charge in [0.1, 0.15) is 0 Å². The molecule has 1 amide bonds. The zero-order chi connectivity index (χ0) is 15.1. The van der Waals surface area contributed by atoms with Crippen molar-refractivity contribution < 1.29 is 22.8 Å². The van der Waals surface area contributed by atoms with Crippen molar-refractivity contribution in [1.82, 2.24) is 0 Å². The van der Waals surface area contributed by atoms with E-state index in [0.29, 0.717) is 0 Å². The summed E-state index contributed by atoms with van der Waals surface area (Å²) in [6.45, 7) is -0.0673. The second kappa shape index (κ2) is 5.26. The fourth-order valence-corrected chi connectivity index (χ4v) is 2.35. The Morgan fingerprint density at radius 3 is 2.50 bits per heavy atom. The fraction of sp³-hybridized carbons (Fsp3) is 0.333. The lowest BCUT2D eigenvalue weighted by atomic mass is 10.1. The Bertz CT molecular complexity index is 574. The molecule has 0 aromatic heterocycles. The van der Waals surface area contributed by atoms with E-state index >= 15 is 0 Å². The first-order chi connectivity index (χ1) is 9.20. The van der Waals surface area contributed by atoms with Gasteiger partial charge in [-0.1, -0.05) is 11.6 Å². The van der Waals surface area contributed by atoms with Crippen LogP contribution in [0.5, 0.6) is 0 Å². The molecule has 1 aliphatic rings. The predicted molar refractivity (Wildman–Crippen MR) is 67.8 cm³/mol. The van der Waals surface area contributed by atoms with E-state index in [2.05, 4.69) is 0 Å². The van der Waals surface area contributed by atoms with E-state index in [1.165, 1.54) is 0 Å². The summed E-state index contributed by atoms with van der Waals surface area (Å²) >= 11 is 11.2. The molecule has 3 nitrogen and oxygen atoms in total. The van der Waals surface area contributed by atoms with Gasteiger partial charge in [-0.25, -0.2) is 0 Å². The number of alkyl halides is 3.